The van der Waals surface area contributed by atoms with Crippen LogP contribution in [0, 0.1) is 6.92 Å². The SMILES string of the molecule is Cc1ccc(NS(=O)(=O)c2ccc(NC(=O)c3ccc(Br)cc3)cc2)cc1. The van der Waals surface area contributed by atoms with Crippen LogP contribution in [0.4, 0.5) is 11.4 Å². The number of sulfonamides is 1. The van der Waals surface area contributed by atoms with Crippen LogP contribution in [0.25, 0.3) is 0 Å². The van der Waals surface area contributed by atoms with Crippen LogP contribution >= 0.6 is 15.9 Å². The normalized spacial score (nSPS) is 11.0. The topological polar surface area (TPSA) is 75.3 Å². The molecule has 0 aliphatic heterocycles. The first-order valence-electron chi connectivity index (χ1n) is 8.10. The van der Waals surface area contributed by atoms with Crippen molar-refractivity contribution >= 4 is 43.2 Å². The maximum absolute atomic E-state index is 12.5. The number of hydrogen-bond acceptors (Lipinski definition) is 3. The predicted octanol–water partition coefficient (Wildman–Crippen LogP) is 4.81. The van der Waals surface area contributed by atoms with Gasteiger partial charge in [-0.1, -0.05) is 33.6 Å². The summed E-state index contributed by atoms with van der Waals surface area (Å²) in [5.41, 5.74) is 2.56. The Bertz CT molecular complexity index is 1050. The number of halogens is 1. The van der Waals surface area contributed by atoms with Gasteiger partial charge in [0.05, 0.1) is 4.90 Å². The van der Waals surface area contributed by atoms with Crippen LogP contribution in [0.15, 0.2) is 82.2 Å². The van der Waals surface area contributed by atoms with Crippen LogP contribution in [0.5, 0.6) is 0 Å². The van der Waals surface area contributed by atoms with E-state index < -0.39 is 10.0 Å². The minimum Gasteiger partial charge on any atom is -0.322 e. The van der Waals surface area contributed by atoms with Crippen molar-refractivity contribution in [2.24, 2.45) is 0 Å². The zero-order chi connectivity index (χ0) is 19.4. The van der Waals surface area contributed by atoms with Crippen LogP contribution in [-0.2, 0) is 10.0 Å². The average Bonchev–Trinajstić information content (AvgIpc) is 2.64. The van der Waals surface area contributed by atoms with Crippen molar-refractivity contribution in [3.8, 4) is 0 Å². The molecule has 1 amide bonds. The fourth-order valence-electron chi connectivity index (χ4n) is 2.36. The third-order valence-electron chi connectivity index (χ3n) is 3.83. The Kier molecular flexibility index (Phi) is 5.62. The van der Waals surface area contributed by atoms with Crippen molar-refractivity contribution in [3.63, 3.8) is 0 Å². The second-order valence-electron chi connectivity index (χ2n) is 5.96. The summed E-state index contributed by atoms with van der Waals surface area (Å²) in [5, 5.41) is 2.74. The third kappa shape index (κ3) is 4.96. The summed E-state index contributed by atoms with van der Waals surface area (Å²) in [5.74, 6) is -0.268. The number of aryl methyl sites for hydroxylation is 1. The van der Waals surface area contributed by atoms with Crippen molar-refractivity contribution in [2.45, 2.75) is 11.8 Å². The van der Waals surface area contributed by atoms with Crippen molar-refractivity contribution in [3.05, 3.63) is 88.4 Å². The lowest BCUT2D eigenvalue weighted by Gasteiger charge is -2.10. The molecule has 7 heteroatoms. The van der Waals surface area contributed by atoms with E-state index in [2.05, 4.69) is 26.0 Å². The molecule has 0 saturated carbocycles. The molecule has 0 aromatic heterocycles. The number of rotatable bonds is 5. The molecule has 3 aromatic carbocycles. The van der Waals surface area contributed by atoms with Gasteiger partial charge in [-0.2, -0.15) is 0 Å². The predicted molar refractivity (Wildman–Crippen MR) is 111 cm³/mol. The third-order valence-corrected chi connectivity index (χ3v) is 5.76. The number of nitrogens with one attached hydrogen (secondary N) is 2. The van der Waals surface area contributed by atoms with E-state index in [-0.39, 0.29) is 10.8 Å². The van der Waals surface area contributed by atoms with Gasteiger partial charge in [-0.05, 0) is 67.6 Å². The molecule has 138 valence electrons. The fourth-order valence-corrected chi connectivity index (χ4v) is 3.68. The summed E-state index contributed by atoms with van der Waals surface area (Å²) < 4.78 is 28.4. The number of carbonyl (C=O) groups is 1. The summed E-state index contributed by atoms with van der Waals surface area (Å²) >= 11 is 3.32. The Morgan fingerprint density at radius 3 is 1.96 bits per heavy atom. The standard InChI is InChI=1S/C20H17BrN2O3S/c1-14-2-8-18(9-3-14)23-27(25,26)19-12-10-17(11-13-19)22-20(24)15-4-6-16(21)7-5-15/h2-13,23H,1H3,(H,22,24). The molecule has 0 aliphatic rings. The van der Waals surface area contributed by atoms with Gasteiger partial charge in [-0.15, -0.1) is 0 Å². The Morgan fingerprint density at radius 1 is 0.815 bits per heavy atom. The minimum absolute atomic E-state index is 0.115. The van der Waals surface area contributed by atoms with Crippen LogP contribution in [-0.4, -0.2) is 14.3 Å². The molecule has 0 atom stereocenters. The molecular formula is C20H17BrN2O3S. The second-order valence-corrected chi connectivity index (χ2v) is 8.55. The molecular weight excluding hydrogens is 428 g/mol. The zero-order valence-corrected chi connectivity index (χ0v) is 16.8. The first kappa shape index (κ1) is 19.1. The van der Waals surface area contributed by atoms with E-state index in [9.17, 15) is 13.2 Å². The quantitative estimate of drug-likeness (QED) is 0.592. The van der Waals surface area contributed by atoms with Gasteiger partial charge < -0.3 is 5.32 Å². The molecule has 2 N–H and O–H groups in total. The Hall–Kier alpha value is -2.64. The number of anilines is 2. The van der Waals surface area contributed by atoms with Gasteiger partial charge in [0, 0.05) is 21.4 Å². The highest BCUT2D eigenvalue weighted by Crippen LogP contribution is 2.19. The van der Waals surface area contributed by atoms with Crippen LogP contribution < -0.4 is 10.0 Å². The van der Waals surface area contributed by atoms with Crippen molar-refractivity contribution in [1.82, 2.24) is 0 Å². The van der Waals surface area contributed by atoms with Crippen molar-refractivity contribution < 1.29 is 13.2 Å². The molecule has 0 unspecified atom stereocenters. The Morgan fingerprint density at radius 2 is 1.37 bits per heavy atom. The summed E-state index contributed by atoms with van der Waals surface area (Å²) in [6.45, 7) is 1.93. The summed E-state index contributed by atoms with van der Waals surface area (Å²) in [6.07, 6.45) is 0. The molecule has 0 heterocycles. The molecule has 0 saturated heterocycles. The Balaban J connectivity index is 1.71. The summed E-state index contributed by atoms with van der Waals surface area (Å²) in [4.78, 5) is 12.3. The molecule has 5 nitrogen and oxygen atoms in total. The van der Waals surface area contributed by atoms with E-state index >= 15 is 0 Å². The van der Waals surface area contributed by atoms with Crippen molar-refractivity contribution in [1.29, 1.82) is 0 Å². The van der Waals surface area contributed by atoms with E-state index in [0.29, 0.717) is 16.9 Å². The molecule has 0 bridgehead atoms. The summed E-state index contributed by atoms with van der Waals surface area (Å²) in [6, 6.07) is 20.1. The lowest BCUT2D eigenvalue weighted by molar-refractivity contribution is 0.102. The van der Waals surface area contributed by atoms with Gasteiger partial charge >= 0.3 is 0 Å². The van der Waals surface area contributed by atoms with Crippen molar-refractivity contribution in [2.75, 3.05) is 10.0 Å². The van der Waals surface area contributed by atoms with Gasteiger partial charge in [0.1, 0.15) is 0 Å². The van der Waals surface area contributed by atoms with E-state index in [1.54, 1.807) is 48.5 Å². The first-order chi connectivity index (χ1) is 12.8. The number of benzene rings is 3. The molecule has 0 spiro atoms. The Labute approximate surface area is 166 Å². The first-order valence-corrected chi connectivity index (χ1v) is 10.4. The van der Waals surface area contributed by atoms with Crippen LogP contribution in [0.1, 0.15) is 15.9 Å². The molecule has 3 aromatic rings. The van der Waals surface area contributed by atoms with Gasteiger partial charge in [-0.3, -0.25) is 9.52 Å². The van der Waals surface area contributed by atoms with Crippen LogP contribution in [0.2, 0.25) is 0 Å². The highest BCUT2D eigenvalue weighted by atomic mass is 79.9. The monoisotopic (exact) mass is 444 g/mol. The summed E-state index contributed by atoms with van der Waals surface area (Å²) in [7, 11) is -3.70. The molecule has 3 rings (SSSR count). The van der Waals surface area contributed by atoms with Gasteiger partial charge in [0.25, 0.3) is 15.9 Å². The molecule has 27 heavy (non-hydrogen) atoms. The fraction of sp³-hybridized carbons (Fsp3) is 0.0500. The van der Waals surface area contributed by atoms with E-state index in [1.165, 1.54) is 12.1 Å². The maximum Gasteiger partial charge on any atom is 0.261 e. The number of hydrogen-bond donors (Lipinski definition) is 2. The average molecular weight is 445 g/mol. The molecule has 0 radical (unpaired) electrons. The molecule has 0 fully saturated rings. The smallest absolute Gasteiger partial charge is 0.261 e. The lowest BCUT2D eigenvalue weighted by Crippen LogP contribution is -2.14. The maximum atomic E-state index is 12.5. The van der Waals surface area contributed by atoms with E-state index in [0.717, 1.165) is 10.0 Å². The molecule has 0 aliphatic carbocycles. The van der Waals surface area contributed by atoms with Gasteiger partial charge in [0.2, 0.25) is 0 Å². The number of carbonyl (C=O) groups excluding carboxylic acids is 1. The second kappa shape index (κ2) is 7.94. The highest BCUT2D eigenvalue weighted by molar-refractivity contribution is 9.10. The van der Waals surface area contributed by atoms with Gasteiger partial charge in [0.15, 0.2) is 0 Å². The minimum atomic E-state index is -3.70. The largest absolute Gasteiger partial charge is 0.322 e. The lowest BCUT2D eigenvalue weighted by atomic mass is 10.2. The zero-order valence-electron chi connectivity index (χ0n) is 14.4. The van der Waals surface area contributed by atoms with E-state index in [1.807, 2.05) is 19.1 Å². The van der Waals surface area contributed by atoms with E-state index in [4.69, 9.17) is 0 Å². The van der Waals surface area contributed by atoms with Crippen LogP contribution in [0.3, 0.4) is 0 Å². The highest BCUT2D eigenvalue weighted by Gasteiger charge is 2.14. The van der Waals surface area contributed by atoms with Gasteiger partial charge in [-0.25, -0.2) is 8.42 Å². The number of amides is 1.